The normalized spacial score (nSPS) is 12.2. The summed E-state index contributed by atoms with van der Waals surface area (Å²) in [7, 11) is 0. The molecule has 5 amide bonds. The van der Waals surface area contributed by atoms with Gasteiger partial charge in [0.25, 0.3) is 0 Å². The van der Waals surface area contributed by atoms with Crippen LogP contribution in [0.15, 0.2) is 0 Å². The fourth-order valence-electron chi connectivity index (χ4n) is 6.56. The molecule has 0 aliphatic rings. The van der Waals surface area contributed by atoms with Crippen LogP contribution in [0.5, 0.6) is 0 Å². The number of aliphatic carboxylic acids is 4. The van der Waals surface area contributed by atoms with Crippen molar-refractivity contribution in [3.05, 3.63) is 0 Å². The zero-order valence-corrected chi connectivity index (χ0v) is 40.4. The van der Waals surface area contributed by atoms with Gasteiger partial charge in [-0.3, -0.25) is 28.8 Å². The van der Waals surface area contributed by atoms with Gasteiger partial charge in [-0.15, -0.1) is 0 Å². The van der Waals surface area contributed by atoms with Gasteiger partial charge in [0.15, 0.2) is 0 Å². The Balaban J connectivity index is 3.85. The van der Waals surface area contributed by atoms with Crippen LogP contribution >= 0.6 is 0 Å². The quantitative estimate of drug-likeness (QED) is 0.0395. The maximum Gasteiger partial charge on any atom is 0.326 e. The van der Waals surface area contributed by atoms with E-state index >= 15 is 0 Å². The molecule has 0 aromatic heterocycles. The van der Waals surface area contributed by atoms with E-state index in [0.29, 0.717) is 6.42 Å². The molecule has 0 saturated heterocycles. The second kappa shape index (κ2) is 42.8. The minimum Gasteiger partial charge on any atom is -0.481 e. The maximum atomic E-state index is 12.3. The number of rotatable bonds is 48. The summed E-state index contributed by atoms with van der Waals surface area (Å²) in [5.74, 6) is -7.60. The summed E-state index contributed by atoms with van der Waals surface area (Å²) in [6.07, 6.45) is 14.3. The zero-order valence-electron chi connectivity index (χ0n) is 40.4. The van der Waals surface area contributed by atoms with E-state index in [4.69, 9.17) is 24.1 Å². The number of Topliss-reactive ketones (excluding diaryl/α,β-unsaturated/α-hetero) is 1. The summed E-state index contributed by atoms with van der Waals surface area (Å²) < 4.78 is 21.1. The summed E-state index contributed by atoms with van der Waals surface area (Å²) in [6.45, 7) is 1.42. The molecule has 0 aromatic carbocycles. The number of carboxylic acid groups (broad SMARTS) is 4. The molecule has 0 heterocycles. The first-order chi connectivity index (χ1) is 33.0. The Morgan fingerprint density at radius 2 is 0.696 bits per heavy atom. The molecule has 0 radical (unpaired) electrons. The number of ether oxygens (including phenoxy) is 4. The van der Waals surface area contributed by atoms with Gasteiger partial charge in [-0.25, -0.2) is 14.4 Å². The Bertz CT molecular complexity index is 1530. The van der Waals surface area contributed by atoms with Crippen LogP contribution in [0.1, 0.15) is 148 Å². The van der Waals surface area contributed by atoms with Crippen LogP contribution in [0.2, 0.25) is 0 Å². The number of carboxylic acids is 4. The van der Waals surface area contributed by atoms with E-state index in [1.807, 2.05) is 0 Å². The molecule has 3 atom stereocenters. The summed E-state index contributed by atoms with van der Waals surface area (Å²) >= 11 is 0. The van der Waals surface area contributed by atoms with Crippen LogP contribution in [-0.4, -0.2) is 164 Å². The lowest BCUT2D eigenvalue weighted by Crippen LogP contribution is -2.45. The molecule has 0 spiro atoms. The molecular weight excluding hydrogens is 911 g/mol. The van der Waals surface area contributed by atoms with Gasteiger partial charge < -0.3 is 70.8 Å². The van der Waals surface area contributed by atoms with Crippen molar-refractivity contribution < 1.29 is 87.3 Å². The van der Waals surface area contributed by atoms with Crippen LogP contribution in [0, 0.1) is 0 Å². The van der Waals surface area contributed by atoms with E-state index in [1.165, 1.54) is 39.0 Å². The van der Waals surface area contributed by atoms with E-state index < -0.39 is 72.8 Å². The van der Waals surface area contributed by atoms with Gasteiger partial charge in [0.2, 0.25) is 29.5 Å². The molecule has 0 unspecified atom stereocenters. The molecule has 0 fully saturated rings. The van der Waals surface area contributed by atoms with Crippen LogP contribution < -0.4 is 26.6 Å². The highest BCUT2D eigenvalue weighted by atomic mass is 16.5. The highest BCUT2D eigenvalue weighted by Gasteiger charge is 2.25. The molecular formula is C46H79N5O18. The predicted molar refractivity (Wildman–Crippen MR) is 248 cm³/mol. The average Bonchev–Trinajstić information content (AvgIpc) is 3.28. The molecule has 69 heavy (non-hydrogen) atoms. The van der Waals surface area contributed by atoms with Crippen molar-refractivity contribution in [2.75, 3.05) is 65.9 Å². The van der Waals surface area contributed by atoms with Crippen molar-refractivity contribution in [1.29, 1.82) is 0 Å². The highest BCUT2D eigenvalue weighted by Crippen LogP contribution is 2.14. The minimum absolute atomic E-state index is 0.0246. The van der Waals surface area contributed by atoms with Crippen LogP contribution in [-0.2, 0) is 66.9 Å². The Morgan fingerprint density at radius 3 is 1.12 bits per heavy atom. The predicted octanol–water partition coefficient (Wildman–Crippen LogP) is 2.25. The molecule has 0 saturated carbocycles. The molecule has 396 valence electrons. The first-order valence-electron chi connectivity index (χ1n) is 24.1. The topological polar surface area (TPSA) is 349 Å². The fourth-order valence-corrected chi connectivity index (χ4v) is 6.56. The molecule has 9 N–H and O–H groups in total. The average molecular weight is 990 g/mol. The third kappa shape index (κ3) is 41.4. The standard InChI is InChI=1S/C46H79N5O18/c1-34(52)18-19-35(44(60)61)50-40(55)23-21-37(46(64)65)51-42(57)33-69-31-29-67-27-25-48-41(56)32-68-30-28-66-26-24-47-38(53)22-20-36(45(62)63)49-39(54)16-14-12-10-8-6-4-2-3-5-7-9-11-13-15-17-43(58)59/h35-37H,2-33H2,1H3,(H,47,53)(H,48,56)(H,49,54)(H,50,55)(H,51,57)(H,58,59)(H,60,61)(H,62,63)(H,64,65)/t35-,36-,37+/m0/s1. The van der Waals surface area contributed by atoms with Crippen molar-refractivity contribution >= 4 is 59.2 Å². The van der Waals surface area contributed by atoms with E-state index in [1.54, 1.807) is 0 Å². The van der Waals surface area contributed by atoms with Gasteiger partial charge in [0.05, 0.1) is 39.6 Å². The molecule has 0 aromatic rings. The SMILES string of the molecule is CC(=O)CC[C@H](NC(=O)CC[C@@H](NC(=O)COCCOCCNC(=O)COCCOCCNC(=O)CC[C@H](NC(=O)CCCCCCCCCCCCCCCCC(=O)O)C(=O)O)C(=O)O)C(=O)O. The maximum absolute atomic E-state index is 12.3. The number of hydrogen-bond acceptors (Lipinski definition) is 14. The van der Waals surface area contributed by atoms with Crippen molar-refractivity contribution in [3.8, 4) is 0 Å². The van der Waals surface area contributed by atoms with Gasteiger partial charge in [-0.05, 0) is 39.0 Å². The third-order valence-electron chi connectivity index (χ3n) is 10.4. The van der Waals surface area contributed by atoms with Crippen LogP contribution in [0.3, 0.4) is 0 Å². The lowest BCUT2D eigenvalue weighted by atomic mass is 10.0. The van der Waals surface area contributed by atoms with Gasteiger partial charge >= 0.3 is 23.9 Å². The van der Waals surface area contributed by atoms with Crippen LogP contribution in [0.25, 0.3) is 0 Å². The second-order valence-electron chi connectivity index (χ2n) is 16.6. The number of nitrogens with one attached hydrogen (secondary N) is 5. The first-order valence-corrected chi connectivity index (χ1v) is 24.1. The summed E-state index contributed by atoms with van der Waals surface area (Å²) in [6, 6.07) is -3.92. The van der Waals surface area contributed by atoms with Gasteiger partial charge in [0, 0.05) is 45.2 Å². The number of carbonyl (C=O) groups is 10. The zero-order chi connectivity index (χ0) is 51.5. The third-order valence-corrected chi connectivity index (χ3v) is 10.4. The first kappa shape index (κ1) is 63.7. The minimum atomic E-state index is -1.44. The highest BCUT2D eigenvalue weighted by molar-refractivity contribution is 5.87. The Kier molecular flexibility index (Phi) is 39.5. The van der Waals surface area contributed by atoms with Crippen molar-refractivity contribution in [3.63, 3.8) is 0 Å². The van der Waals surface area contributed by atoms with E-state index in [0.717, 1.165) is 51.4 Å². The lowest BCUT2D eigenvalue weighted by Gasteiger charge is -2.16. The van der Waals surface area contributed by atoms with Crippen molar-refractivity contribution in [2.24, 2.45) is 0 Å². The molecule has 0 bridgehead atoms. The number of unbranched alkanes of at least 4 members (excludes halogenated alkanes) is 13. The molecule has 23 nitrogen and oxygen atoms in total. The smallest absolute Gasteiger partial charge is 0.326 e. The van der Waals surface area contributed by atoms with E-state index in [2.05, 4.69) is 26.6 Å². The lowest BCUT2D eigenvalue weighted by molar-refractivity contribution is -0.144. The van der Waals surface area contributed by atoms with Crippen molar-refractivity contribution in [2.45, 2.75) is 166 Å². The Labute approximate surface area is 404 Å². The number of carbonyl (C=O) groups excluding carboxylic acids is 6. The summed E-state index contributed by atoms with van der Waals surface area (Å²) in [4.78, 5) is 117. The van der Waals surface area contributed by atoms with E-state index in [9.17, 15) is 63.3 Å². The molecule has 0 aliphatic heterocycles. The van der Waals surface area contributed by atoms with Gasteiger partial charge in [-0.1, -0.05) is 77.0 Å². The molecule has 0 rings (SSSR count). The number of ketones is 1. The number of amides is 5. The van der Waals surface area contributed by atoms with E-state index in [-0.39, 0.29) is 122 Å². The summed E-state index contributed by atoms with van der Waals surface area (Å²) in [5, 5.41) is 49.0. The van der Waals surface area contributed by atoms with Crippen LogP contribution in [0.4, 0.5) is 0 Å². The molecule has 0 aliphatic carbocycles. The van der Waals surface area contributed by atoms with Crippen molar-refractivity contribution in [1.82, 2.24) is 26.6 Å². The fraction of sp³-hybridized carbons (Fsp3) is 0.783. The number of hydrogen-bond donors (Lipinski definition) is 9. The van der Waals surface area contributed by atoms with Gasteiger partial charge in [-0.2, -0.15) is 0 Å². The van der Waals surface area contributed by atoms with Gasteiger partial charge in [0.1, 0.15) is 37.1 Å². The second-order valence-corrected chi connectivity index (χ2v) is 16.6. The monoisotopic (exact) mass is 990 g/mol. The Hall–Kier alpha value is -5.26. The largest absolute Gasteiger partial charge is 0.481 e. The Morgan fingerprint density at radius 1 is 0.362 bits per heavy atom. The molecule has 23 heteroatoms. The summed E-state index contributed by atoms with van der Waals surface area (Å²) in [5.41, 5.74) is 0.